The molecule has 1 aliphatic heterocycles. The monoisotopic (exact) mass is 622 g/mol. The number of rotatable bonds is 12. The molecule has 9 nitrogen and oxygen atoms in total. The normalized spacial score (nSPS) is 15.9. The summed E-state index contributed by atoms with van der Waals surface area (Å²) in [6.45, 7) is 10.9. The van der Waals surface area contributed by atoms with Crippen molar-refractivity contribution in [3.8, 4) is 5.75 Å². The van der Waals surface area contributed by atoms with Crippen LogP contribution in [0.15, 0.2) is 65.6 Å². The average Bonchev–Trinajstić information content (AvgIpc) is 3.51. The number of carbonyl (C=O) groups excluding carboxylic acids is 2. The molecule has 4 rings (SSSR count). The molecule has 0 bridgehead atoms. The van der Waals surface area contributed by atoms with Gasteiger partial charge >= 0.3 is 0 Å². The van der Waals surface area contributed by atoms with E-state index in [0.717, 1.165) is 30.2 Å². The molecule has 1 unspecified atom stereocenters. The van der Waals surface area contributed by atoms with Gasteiger partial charge in [-0.05, 0) is 78.1 Å². The number of sulfonamides is 1. The van der Waals surface area contributed by atoms with Crippen LogP contribution in [0.2, 0.25) is 0 Å². The Balaban J connectivity index is 1.59. The lowest BCUT2D eigenvalue weighted by atomic mass is 9.99. The van der Waals surface area contributed by atoms with E-state index in [-0.39, 0.29) is 65.0 Å². The summed E-state index contributed by atoms with van der Waals surface area (Å²) in [5.41, 5.74) is 3.61. The number of aromatic hydroxyl groups is 1. The summed E-state index contributed by atoms with van der Waals surface area (Å²) in [4.78, 5) is 26.1. The molecule has 0 spiro atoms. The first-order valence-electron chi connectivity index (χ1n) is 15.5. The van der Waals surface area contributed by atoms with Gasteiger partial charge in [0, 0.05) is 19.5 Å². The second-order valence-corrected chi connectivity index (χ2v) is 14.6. The van der Waals surface area contributed by atoms with E-state index in [9.17, 15) is 23.1 Å². The first-order chi connectivity index (χ1) is 20.9. The van der Waals surface area contributed by atoms with Crippen LogP contribution in [0.3, 0.4) is 0 Å². The van der Waals surface area contributed by atoms with Crippen molar-refractivity contribution in [1.29, 1.82) is 0 Å². The Bertz CT molecular complexity index is 1570. The predicted molar refractivity (Wildman–Crippen MR) is 175 cm³/mol. The van der Waals surface area contributed by atoms with Gasteiger partial charge in [0.25, 0.3) is 15.9 Å². The first-order valence-corrected chi connectivity index (χ1v) is 17.0. The number of anilines is 1. The quantitative estimate of drug-likeness (QED) is 0.238. The number of hydrogen-bond acceptors (Lipinski definition) is 6. The molecule has 2 atom stereocenters. The number of carbonyl (C=O) groups is 2. The minimum absolute atomic E-state index is 0.00860. The predicted octanol–water partition coefficient (Wildman–Crippen LogP) is 5.23. The minimum atomic E-state index is -4.00. The number of para-hydroxylation sites is 1. The molecule has 10 heteroatoms. The van der Waals surface area contributed by atoms with Crippen molar-refractivity contribution in [2.24, 2.45) is 17.8 Å². The number of benzene rings is 3. The van der Waals surface area contributed by atoms with E-state index in [1.165, 1.54) is 9.31 Å². The maximum atomic E-state index is 14.0. The zero-order valence-electron chi connectivity index (χ0n) is 26.4. The van der Waals surface area contributed by atoms with Gasteiger partial charge in [0.2, 0.25) is 5.91 Å². The molecule has 1 aliphatic rings. The summed E-state index contributed by atoms with van der Waals surface area (Å²) < 4.78 is 29.4. The number of amides is 2. The maximum absolute atomic E-state index is 14.0. The smallest absolute Gasteiger partial charge is 0.264 e. The fourth-order valence-corrected chi connectivity index (χ4v) is 7.27. The largest absolute Gasteiger partial charge is 0.505 e. The summed E-state index contributed by atoms with van der Waals surface area (Å²) in [6.07, 6.45) is 2.30. The Kier molecular flexibility index (Phi) is 10.9. The molecule has 3 N–H and O–H groups in total. The maximum Gasteiger partial charge on any atom is 0.264 e. The third kappa shape index (κ3) is 8.09. The zero-order valence-corrected chi connectivity index (χ0v) is 27.2. The van der Waals surface area contributed by atoms with Gasteiger partial charge in [-0.2, -0.15) is 0 Å². The van der Waals surface area contributed by atoms with Crippen LogP contribution in [-0.2, 0) is 26.0 Å². The van der Waals surface area contributed by atoms with Gasteiger partial charge in [-0.25, -0.2) is 8.42 Å². The molecular weight excluding hydrogens is 576 g/mol. The molecule has 0 aliphatic carbocycles. The Morgan fingerprint density at radius 2 is 1.68 bits per heavy atom. The second-order valence-electron chi connectivity index (χ2n) is 12.8. The molecule has 0 aromatic heterocycles. The Morgan fingerprint density at radius 3 is 2.34 bits per heavy atom. The Hall–Kier alpha value is -3.63. The van der Waals surface area contributed by atoms with E-state index in [1.807, 2.05) is 58.9 Å². The fourth-order valence-electron chi connectivity index (χ4n) is 5.60. The molecule has 0 radical (unpaired) electrons. The van der Waals surface area contributed by atoms with Crippen molar-refractivity contribution in [3.63, 3.8) is 0 Å². The van der Waals surface area contributed by atoms with E-state index in [0.29, 0.717) is 18.4 Å². The van der Waals surface area contributed by atoms with E-state index < -0.39 is 10.0 Å². The standard InChI is InChI=1S/C34H46N4O5S/c1-23(2)18-32(39)37(36-34(41)30-13-9-17-35-30)22-25(5)19-28-12-8-14-31(33(28)40)38(21-24(3)4)44(42,43)29-16-15-26-10-6-7-11-27(26)20-29/h6-8,10-12,14-16,20,23-25,30,35,40H,9,13,17-19,21-22H2,1-5H3,(H,36,41)/t25-,30?/m1/s1. The zero-order chi connectivity index (χ0) is 32.0. The molecule has 1 heterocycles. The van der Waals surface area contributed by atoms with Crippen LogP contribution < -0.4 is 15.0 Å². The summed E-state index contributed by atoms with van der Waals surface area (Å²) in [5.74, 6) is -0.534. The number of nitrogens with zero attached hydrogens (tertiary/aromatic N) is 2. The highest BCUT2D eigenvalue weighted by Gasteiger charge is 2.30. The molecule has 238 valence electrons. The van der Waals surface area contributed by atoms with Gasteiger partial charge in [-0.3, -0.25) is 24.3 Å². The van der Waals surface area contributed by atoms with Gasteiger partial charge in [0.15, 0.2) is 0 Å². The van der Waals surface area contributed by atoms with Crippen LogP contribution in [0.5, 0.6) is 5.75 Å². The van der Waals surface area contributed by atoms with E-state index in [1.54, 1.807) is 36.4 Å². The third-order valence-electron chi connectivity index (χ3n) is 7.78. The molecule has 44 heavy (non-hydrogen) atoms. The average molecular weight is 623 g/mol. The lowest BCUT2D eigenvalue weighted by Gasteiger charge is -2.29. The van der Waals surface area contributed by atoms with Crippen molar-refractivity contribution in [3.05, 3.63) is 66.2 Å². The number of fused-ring (bicyclic) bond motifs is 1. The van der Waals surface area contributed by atoms with Crippen molar-refractivity contribution in [1.82, 2.24) is 15.8 Å². The van der Waals surface area contributed by atoms with Crippen molar-refractivity contribution in [2.45, 2.75) is 71.2 Å². The van der Waals surface area contributed by atoms with Crippen molar-refractivity contribution >= 4 is 38.3 Å². The first kappa shape index (κ1) is 33.3. The second kappa shape index (κ2) is 14.4. The van der Waals surface area contributed by atoms with Crippen LogP contribution in [-0.4, -0.2) is 56.0 Å². The fraction of sp³-hybridized carbons (Fsp3) is 0.471. The van der Waals surface area contributed by atoms with Crippen LogP contribution in [0.4, 0.5) is 5.69 Å². The van der Waals surface area contributed by atoms with E-state index in [4.69, 9.17) is 0 Å². The SMILES string of the molecule is CC(C)CC(=O)N(C[C@H](C)Cc1cccc(N(CC(C)C)S(=O)(=O)c2ccc3ccccc3c2)c1O)NC(=O)C1CCCN1. The molecule has 0 saturated carbocycles. The Labute approximate surface area is 261 Å². The van der Waals surface area contributed by atoms with Crippen molar-refractivity contribution in [2.75, 3.05) is 23.9 Å². The Morgan fingerprint density at radius 1 is 0.955 bits per heavy atom. The number of phenols is 1. The molecule has 3 aromatic rings. The summed E-state index contributed by atoms with van der Waals surface area (Å²) in [5, 5.41) is 17.8. The molecular formula is C34H46N4O5S. The van der Waals surface area contributed by atoms with Gasteiger partial charge in [0.05, 0.1) is 16.6 Å². The number of phenolic OH excluding ortho intramolecular Hbond substituents is 1. The lowest BCUT2D eigenvalue weighted by Crippen LogP contribution is -2.53. The highest BCUT2D eigenvalue weighted by atomic mass is 32.2. The van der Waals surface area contributed by atoms with Crippen molar-refractivity contribution < 1.29 is 23.1 Å². The van der Waals surface area contributed by atoms with E-state index in [2.05, 4.69) is 10.7 Å². The van der Waals surface area contributed by atoms with Crippen LogP contribution >= 0.6 is 0 Å². The van der Waals surface area contributed by atoms with Gasteiger partial charge in [-0.1, -0.05) is 77.1 Å². The van der Waals surface area contributed by atoms with Gasteiger partial charge in [-0.15, -0.1) is 0 Å². The molecule has 1 saturated heterocycles. The molecule has 3 aromatic carbocycles. The highest BCUT2D eigenvalue weighted by molar-refractivity contribution is 7.92. The summed E-state index contributed by atoms with van der Waals surface area (Å²) >= 11 is 0. The molecule has 2 amide bonds. The van der Waals surface area contributed by atoms with Crippen LogP contribution in [0.1, 0.15) is 59.4 Å². The highest BCUT2D eigenvalue weighted by Crippen LogP contribution is 2.36. The van der Waals surface area contributed by atoms with Gasteiger partial charge in [0.1, 0.15) is 5.75 Å². The van der Waals surface area contributed by atoms with Crippen LogP contribution in [0.25, 0.3) is 10.8 Å². The third-order valence-corrected chi connectivity index (χ3v) is 9.55. The number of hydrazine groups is 1. The van der Waals surface area contributed by atoms with Crippen LogP contribution in [0, 0.1) is 17.8 Å². The lowest BCUT2D eigenvalue weighted by molar-refractivity contribution is -0.143. The number of nitrogens with one attached hydrogen (secondary N) is 2. The topological polar surface area (TPSA) is 119 Å². The van der Waals surface area contributed by atoms with Gasteiger partial charge < -0.3 is 10.4 Å². The molecule has 1 fully saturated rings. The van der Waals surface area contributed by atoms with E-state index >= 15 is 0 Å². The summed E-state index contributed by atoms with van der Waals surface area (Å²) in [6, 6.07) is 17.5. The number of hydrogen-bond donors (Lipinski definition) is 3. The minimum Gasteiger partial charge on any atom is -0.505 e. The summed E-state index contributed by atoms with van der Waals surface area (Å²) in [7, 11) is -4.00.